The first-order valence-corrected chi connectivity index (χ1v) is 7.00. The minimum absolute atomic E-state index is 0.0196. The van der Waals surface area contributed by atoms with Crippen molar-refractivity contribution < 1.29 is 14.3 Å². The summed E-state index contributed by atoms with van der Waals surface area (Å²) in [6, 6.07) is 0.357. The molecule has 0 aromatic rings. The predicted octanol–water partition coefficient (Wildman–Crippen LogP) is -0.515. The summed E-state index contributed by atoms with van der Waals surface area (Å²) in [6.07, 6.45) is 1.76. The van der Waals surface area contributed by atoms with Crippen molar-refractivity contribution in [3.05, 3.63) is 0 Å². The van der Waals surface area contributed by atoms with Gasteiger partial charge in [-0.05, 0) is 12.8 Å². The van der Waals surface area contributed by atoms with E-state index in [9.17, 15) is 9.59 Å². The van der Waals surface area contributed by atoms with Gasteiger partial charge in [0.05, 0.1) is 13.2 Å². The molecule has 7 heteroatoms. The normalized spacial score (nSPS) is 16.1. The molecule has 1 fully saturated rings. The number of likely N-dealkylation sites (tertiary alicyclic amines) is 1. The molecule has 20 heavy (non-hydrogen) atoms. The van der Waals surface area contributed by atoms with E-state index in [0.717, 1.165) is 25.9 Å². The molecule has 1 rings (SSSR count). The lowest BCUT2D eigenvalue weighted by Crippen LogP contribution is -2.49. The highest BCUT2D eigenvalue weighted by atomic mass is 16.5. The van der Waals surface area contributed by atoms with Crippen LogP contribution in [0.15, 0.2) is 0 Å². The summed E-state index contributed by atoms with van der Waals surface area (Å²) < 4.78 is 4.86. The maximum Gasteiger partial charge on any atom is 0.319 e. The predicted molar refractivity (Wildman–Crippen MR) is 76.6 cm³/mol. The Kier molecular flexibility index (Phi) is 7.32. The summed E-state index contributed by atoms with van der Waals surface area (Å²) in [7, 11) is 5.13. The molecule has 0 aromatic heterocycles. The second kappa shape index (κ2) is 8.76. The van der Waals surface area contributed by atoms with E-state index in [1.807, 2.05) is 4.90 Å². The Balaban J connectivity index is 2.16. The number of carbonyl (C=O) groups excluding carboxylic acids is 2. The first-order chi connectivity index (χ1) is 9.54. The number of nitrogens with zero attached hydrogens (tertiary/aromatic N) is 2. The van der Waals surface area contributed by atoms with Crippen molar-refractivity contribution in [1.82, 2.24) is 20.4 Å². The van der Waals surface area contributed by atoms with Crippen LogP contribution >= 0.6 is 0 Å². The Labute approximate surface area is 120 Å². The van der Waals surface area contributed by atoms with Crippen molar-refractivity contribution >= 4 is 11.9 Å². The Hall–Kier alpha value is -1.34. The third-order valence-electron chi connectivity index (χ3n) is 3.33. The number of rotatable bonds is 6. The van der Waals surface area contributed by atoms with Crippen LogP contribution in [0.5, 0.6) is 0 Å². The Morgan fingerprint density at radius 1 is 1.30 bits per heavy atom. The summed E-state index contributed by atoms with van der Waals surface area (Å²) in [5, 5.41) is 6.00. The minimum atomic E-state index is -0.0196. The molecule has 0 bridgehead atoms. The zero-order chi connectivity index (χ0) is 15.0. The zero-order valence-corrected chi connectivity index (χ0v) is 12.6. The topological polar surface area (TPSA) is 73.9 Å². The van der Waals surface area contributed by atoms with E-state index < -0.39 is 0 Å². The number of ether oxygens (including phenoxy) is 1. The number of urea groups is 1. The van der Waals surface area contributed by atoms with E-state index in [0.29, 0.717) is 25.7 Å². The van der Waals surface area contributed by atoms with Gasteiger partial charge in [-0.15, -0.1) is 0 Å². The summed E-state index contributed by atoms with van der Waals surface area (Å²) in [5.74, 6) is -0.0196. The summed E-state index contributed by atoms with van der Waals surface area (Å²) in [5.41, 5.74) is 0. The summed E-state index contributed by atoms with van der Waals surface area (Å²) >= 11 is 0. The largest absolute Gasteiger partial charge is 0.383 e. The van der Waals surface area contributed by atoms with Crippen LogP contribution in [0, 0.1) is 0 Å². The van der Waals surface area contributed by atoms with Crippen molar-refractivity contribution in [3.8, 4) is 0 Å². The number of piperidine rings is 1. The fourth-order valence-electron chi connectivity index (χ4n) is 2.15. The first kappa shape index (κ1) is 16.7. The lowest BCUT2D eigenvalue weighted by Gasteiger charge is -2.33. The van der Waals surface area contributed by atoms with Gasteiger partial charge < -0.3 is 25.2 Å². The van der Waals surface area contributed by atoms with Crippen LogP contribution in [0.4, 0.5) is 4.79 Å². The maximum absolute atomic E-state index is 11.8. The van der Waals surface area contributed by atoms with Crippen LogP contribution in [0.1, 0.15) is 12.8 Å². The van der Waals surface area contributed by atoms with Gasteiger partial charge in [0.15, 0.2) is 0 Å². The fraction of sp³-hybridized carbons (Fsp3) is 0.846. The highest BCUT2D eigenvalue weighted by Crippen LogP contribution is 2.11. The molecule has 1 aliphatic heterocycles. The Morgan fingerprint density at radius 2 is 1.95 bits per heavy atom. The van der Waals surface area contributed by atoms with Gasteiger partial charge in [-0.1, -0.05) is 0 Å². The average Bonchev–Trinajstić information content (AvgIpc) is 2.45. The van der Waals surface area contributed by atoms with Gasteiger partial charge in [-0.3, -0.25) is 4.79 Å². The number of hydrogen-bond acceptors (Lipinski definition) is 4. The molecule has 0 unspecified atom stereocenters. The third-order valence-corrected chi connectivity index (χ3v) is 3.33. The SMILES string of the molecule is COCCNC(=O)CNC1CCN(C(=O)N(C)C)CC1. The van der Waals surface area contributed by atoms with E-state index >= 15 is 0 Å². The molecule has 0 atom stereocenters. The van der Waals surface area contributed by atoms with E-state index in [4.69, 9.17) is 4.74 Å². The van der Waals surface area contributed by atoms with Crippen molar-refractivity contribution in [3.63, 3.8) is 0 Å². The molecule has 3 amide bonds. The monoisotopic (exact) mass is 286 g/mol. The zero-order valence-electron chi connectivity index (χ0n) is 12.6. The van der Waals surface area contributed by atoms with E-state index in [1.165, 1.54) is 0 Å². The number of carbonyl (C=O) groups is 2. The highest BCUT2D eigenvalue weighted by Gasteiger charge is 2.23. The molecule has 1 heterocycles. The van der Waals surface area contributed by atoms with Gasteiger partial charge in [-0.2, -0.15) is 0 Å². The van der Waals surface area contributed by atoms with Crippen LogP contribution in [0.25, 0.3) is 0 Å². The molecule has 0 spiro atoms. The molecule has 0 radical (unpaired) electrons. The van der Waals surface area contributed by atoms with Gasteiger partial charge in [0.25, 0.3) is 0 Å². The quantitative estimate of drug-likeness (QED) is 0.645. The van der Waals surface area contributed by atoms with Gasteiger partial charge >= 0.3 is 6.03 Å². The first-order valence-electron chi connectivity index (χ1n) is 7.00. The van der Waals surface area contributed by atoms with Crippen LogP contribution in [0.2, 0.25) is 0 Å². The molecule has 0 aliphatic carbocycles. The number of methoxy groups -OCH3 is 1. The molecule has 116 valence electrons. The number of hydrogen-bond donors (Lipinski definition) is 2. The molecule has 0 saturated carbocycles. The van der Waals surface area contributed by atoms with Gasteiger partial charge in [0, 0.05) is 46.9 Å². The van der Waals surface area contributed by atoms with Crippen LogP contribution < -0.4 is 10.6 Å². The van der Waals surface area contributed by atoms with Crippen LogP contribution in [0.3, 0.4) is 0 Å². The van der Waals surface area contributed by atoms with Crippen LogP contribution in [-0.4, -0.2) is 81.8 Å². The lowest BCUT2D eigenvalue weighted by molar-refractivity contribution is -0.120. The second-order valence-electron chi connectivity index (χ2n) is 5.16. The smallest absolute Gasteiger partial charge is 0.319 e. The number of amides is 3. The van der Waals surface area contributed by atoms with Crippen molar-refractivity contribution in [1.29, 1.82) is 0 Å². The van der Waals surface area contributed by atoms with E-state index in [2.05, 4.69) is 10.6 Å². The van der Waals surface area contributed by atoms with Crippen molar-refractivity contribution in [2.45, 2.75) is 18.9 Å². The average molecular weight is 286 g/mol. The molecule has 0 aromatic carbocycles. The second-order valence-corrected chi connectivity index (χ2v) is 5.16. The highest BCUT2D eigenvalue weighted by molar-refractivity contribution is 5.78. The fourth-order valence-corrected chi connectivity index (χ4v) is 2.15. The maximum atomic E-state index is 11.8. The van der Waals surface area contributed by atoms with Gasteiger partial charge in [0.1, 0.15) is 0 Å². The third kappa shape index (κ3) is 5.75. The van der Waals surface area contributed by atoms with Crippen molar-refractivity contribution in [2.75, 3.05) is 54.0 Å². The number of nitrogens with one attached hydrogen (secondary N) is 2. The van der Waals surface area contributed by atoms with E-state index in [1.54, 1.807) is 26.1 Å². The van der Waals surface area contributed by atoms with E-state index in [-0.39, 0.29) is 11.9 Å². The summed E-state index contributed by atoms with van der Waals surface area (Å²) in [4.78, 5) is 26.7. The lowest BCUT2D eigenvalue weighted by atomic mass is 10.1. The molecule has 2 N–H and O–H groups in total. The van der Waals surface area contributed by atoms with Gasteiger partial charge in [0.2, 0.25) is 5.91 Å². The standard InChI is InChI=1S/C13H26N4O3/c1-16(2)13(19)17-7-4-11(5-8-17)15-10-12(18)14-6-9-20-3/h11,15H,4-10H2,1-3H3,(H,14,18). The van der Waals surface area contributed by atoms with Gasteiger partial charge in [-0.25, -0.2) is 4.79 Å². The Morgan fingerprint density at radius 3 is 2.50 bits per heavy atom. The Bertz CT molecular complexity index is 315. The van der Waals surface area contributed by atoms with Crippen LogP contribution in [-0.2, 0) is 9.53 Å². The summed E-state index contributed by atoms with van der Waals surface area (Å²) in [6.45, 7) is 2.85. The molecule has 1 saturated heterocycles. The molecule has 1 aliphatic rings. The molecular weight excluding hydrogens is 260 g/mol. The van der Waals surface area contributed by atoms with Crippen molar-refractivity contribution in [2.24, 2.45) is 0 Å². The molecular formula is C13H26N4O3. The molecule has 7 nitrogen and oxygen atoms in total. The minimum Gasteiger partial charge on any atom is -0.383 e.